The van der Waals surface area contributed by atoms with Gasteiger partial charge < -0.3 is 10.7 Å². The van der Waals surface area contributed by atoms with Crippen molar-refractivity contribution in [2.24, 2.45) is 5.73 Å². The summed E-state index contributed by atoms with van der Waals surface area (Å²) >= 11 is 0. The fourth-order valence-corrected chi connectivity index (χ4v) is 4.14. The summed E-state index contributed by atoms with van der Waals surface area (Å²) in [5.74, 6) is 0. The molecule has 1 heterocycles. The van der Waals surface area contributed by atoms with Crippen LogP contribution in [0.25, 0.3) is 0 Å². The zero-order valence-electron chi connectivity index (χ0n) is 16.2. The van der Waals surface area contributed by atoms with Crippen LogP contribution in [0, 0.1) is 6.08 Å². The highest BCUT2D eigenvalue weighted by atomic mass is 19.1. The summed E-state index contributed by atoms with van der Waals surface area (Å²) in [7, 11) is 0. The van der Waals surface area contributed by atoms with Crippen LogP contribution >= 0.6 is 0 Å². The van der Waals surface area contributed by atoms with Crippen molar-refractivity contribution in [2.45, 2.75) is 18.3 Å². The normalized spacial score (nSPS) is 11.5. The summed E-state index contributed by atoms with van der Waals surface area (Å²) in [5.41, 5.74) is 9.65. The van der Waals surface area contributed by atoms with Gasteiger partial charge in [-0.3, -0.25) is 0 Å². The first-order valence-electron chi connectivity index (χ1n) is 9.88. The van der Waals surface area contributed by atoms with E-state index in [0.29, 0.717) is 18.7 Å². The summed E-state index contributed by atoms with van der Waals surface area (Å²) in [6, 6.07) is 30.6. The molecule has 0 saturated carbocycles. The Balaban J connectivity index is 2.10. The van der Waals surface area contributed by atoms with Gasteiger partial charge in [0.2, 0.25) is 0 Å². The van der Waals surface area contributed by atoms with Crippen LogP contribution in [0.15, 0.2) is 91.0 Å². The summed E-state index contributed by atoms with van der Waals surface area (Å²) in [6.07, 6.45) is 0.783. The van der Waals surface area contributed by atoms with Crippen LogP contribution in [0.5, 0.6) is 0 Å². The van der Waals surface area contributed by atoms with Gasteiger partial charge in [-0.2, -0.15) is 4.39 Å². The lowest BCUT2D eigenvalue weighted by molar-refractivity contribution is 0.544. The topological polar surface area (TPSA) is 54.7 Å². The van der Waals surface area contributed by atoms with Crippen LogP contribution in [-0.4, -0.2) is 16.5 Å². The fourth-order valence-electron chi connectivity index (χ4n) is 4.14. The monoisotopic (exact) mass is 385 g/mol. The zero-order valence-corrected chi connectivity index (χ0v) is 16.2. The number of aromatic nitrogens is 2. The Morgan fingerprint density at radius 2 is 1.21 bits per heavy atom. The standard InChI is InChI=1S/C25H24FN3/c26-24-28-22(17-10-18-27)23(29-24)25(19-11-4-1-5-12-19,20-13-6-2-7-14-20)21-15-8-3-9-16-21/h1-9,11-16H,10,17-18,27H2,(H,28,29). The predicted octanol–water partition coefficient (Wildman–Crippen LogP) is 4.82. The number of hydrogen-bond donors (Lipinski definition) is 2. The molecule has 4 rings (SSSR count). The molecular weight excluding hydrogens is 361 g/mol. The SMILES string of the molecule is NCCCc1nc(F)[nH]c1C(c1ccccc1)(c1ccccc1)c1ccccc1. The number of nitrogens with two attached hydrogens (primary N) is 1. The number of H-pyrrole nitrogens is 1. The third-order valence-corrected chi connectivity index (χ3v) is 5.36. The maximum absolute atomic E-state index is 14.5. The van der Waals surface area contributed by atoms with E-state index in [1.807, 2.05) is 54.6 Å². The number of halogens is 1. The minimum Gasteiger partial charge on any atom is -0.330 e. The molecule has 29 heavy (non-hydrogen) atoms. The van der Waals surface area contributed by atoms with E-state index in [1.54, 1.807) is 0 Å². The highest BCUT2D eigenvalue weighted by molar-refractivity contribution is 5.58. The van der Waals surface area contributed by atoms with Crippen molar-refractivity contribution in [3.8, 4) is 0 Å². The van der Waals surface area contributed by atoms with Crippen LogP contribution < -0.4 is 5.73 Å². The van der Waals surface area contributed by atoms with Crippen molar-refractivity contribution < 1.29 is 4.39 Å². The molecule has 0 radical (unpaired) electrons. The number of rotatable bonds is 7. The van der Waals surface area contributed by atoms with E-state index in [0.717, 1.165) is 28.8 Å². The number of benzene rings is 3. The zero-order chi connectivity index (χ0) is 20.1. The fraction of sp³-hybridized carbons (Fsp3) is 0.160. The second-order valence-corrected chi connectivity index (χ2v) is 7.09. The van der Waals surface area contributed by atoms with Crippen molar-refractivity contribution in [2.75, 3.05) is 6.54 Å². The predicted molar refractivity (Wildman–Crippen MR) is 114 cm³/mol. The molecule has 3 N–H and O–H groups in total. The van der Waals surface area contributed by atoms with Crippen LogP contribution in [0.3, 0.4) is 0 Å². The van der Waals surface area contributed by atoms with Crippen LogP contribution in [0.4, 0.5) is 4.39 Å². The molecule has 0 fully saturated rings. The number of hydrogen-bond acceptors (Lipinski definition) is 2. The van der Waals surface area contributed by atoms with E-state index in [2.05, 4.69) is 46.4 Å². The van der Waals surface area contributed by atoms with E-state index >= 15 is 0 Å². The maximum atomic E-state index is 14.5. The molecule has 0 aliphatic carbocycles. The molecule has 146 valence electrons. The molecule has 1 aromatic heterocycles. The Bertz CT molecular complexity index is 947. The van der Waals surface area contributed by atoms with Gasteiger partial charge in [-0.05, 0) is 36.1 Å². The Morgan fingerprint density at radius 1 is 0.759 bits per heavy atom. The third-order valence-electron chi connectivity index (χ3n) is 5.36. The van der Waals surface area contributed by atoms with Crippen molar-refractivity contribution in [3.63, 3.8) is 0 Å². The van der Waals surface area contributed by atoms with Crippen molar-refractivity contribution >= 4 is 0 Å². The summed E-state index contributed by atoms with van der Waals surface area (Å²) in [4.78, 5) is 7.18. The lowest BCUT2D eigenvalue weighted by atomic mass is 9.66. The van der Waals surface area contributed by atoms with Gasteiger partial charge in [-0.25, -0.2) is 4.98 Å². The first kappa shape index (κ1) is 19.1. The van der Waals surface area contributed by atoms with Crippen molar-refractivity contribution in [1.82, 2.24) is 9.97 Å². The van der Waals surface area contributed by atoms with Gasteiger partial charge >= 0.3 is 0 Å². The molecule has 0 bridgehead atoms. The van der Waals surface area contributed by atoms with Crippen LogP contribution in [0.2, 0.25) is 0 Å². The Kier molecular flexibility index (Phi) is 5.54. The number of aryl methyl sites for hydroxylation is 1. The minimum atomic E-state index is -0.717. The summed E-state index contributed by atoms with van der Waals surface area (Å²) in [5, 5.41) is 0. The molecule has 3 nitrogen and oxygen atoms in total. The lowest BCUT2D eigenvalue weighted by Gasteiger charge is -2.36. The van der Waals surface area contributed by atoms with Gasteiger partial charge in [0.15, 0.2) is 0 Å². The molecular formula is C25H24FN3. The first-order valence-corrected chi connectivity index (χ1v) is 9.88. The molecule has 0 amide bonds. The number of aromatic amines is 1. The highest BCUT2D eigenvalue weighted by Gasteiger charge is 2.41. The van der Waals surface area contributed by atoms with E-state index in [4.69, 9.17) is 5.73 Å². The van der Waals surface area contributed by atoms with Gasteiger partial charge in [0.05, 0.1) is 16.8 Å². The van der Waals surface area contributed by atoms with Gasteiger partial charge in [0, 0.05) is 0 Å². The Hall–Kier alpha value is -3.24. The number of nitrogens with one attached hydrogen (secondary N) is 1. The summed E-state index contributed by atoms with van der Waals surface area (Å²) < 4.78 is 14.5. The first-order chi connectivity index (χ1) is 14.3. The molecule has 4 aromatic rings. The number of nitrogens with zero attached hydrogens (tertiary/aromatic N) is 1. The summed E-state index contributed by atoms with van der Waals surface area (Å²) in [6.45, 7) is 0.531. The quantitative estimate of drug-likeness (QED) is 0.448. The number of imidazole rings is 1. The smallest absolute Gasteiger partial charge is 0.287 e. The Labute approximate surface area is 170 Å². The van der Waals surface area contributed by atoms with E-state index < -0.39 is 11.5 Å². The van der Waals surface area contributed by atoms with Gasteiger partial charge in [-0.1, -0.05) is 91.0 Å². The van der Waals surface area contributed by atoms with Crippen molar-refractivity contribution in [3.05, 3.63) is 125 Å². The van der Waals surface area contributed by atoms with Gasteiger partial charge in [0.25, 0.3) is 6.08 Å². The average Bonchev–Trinajstić information content (AvgIpc) is 3.16. The molecule has 0 spiro atoms. The second kappa shape index (κ2) is 8.41. The molecule has 0 saturated heterocycles. The molecule has 0 aliphatic heterocycles. The maximum Gasteiger partial charge on any atom is 0.287 e. The van der Waals surface area contributed by atoms with Gasteiger partial charge in [0.1, 0.15) is 0 Å². The second-order valence-electron chi connectivity index (χ2n) is 7.09. The van der Waals surface area contributed by atoms with E-state index in [-0.39, 0.29) is 0 Å². The molecule has 0 unspecified atom stereocenters. The van der Waals surface area contributed by atoms with Crippen LogP contribution in [0.1, 0.15) is 34.5 Å². The van der Waals surface area contributed by atoms with Gasteiger partial charge in [-0.15, -0.1) is 0 Å². The molecule has 3 aromatic carbocycles. The average molecular weight is 385 g/mol. The van der Waals surface area contributed by atoms with Crippen LogP contribution in [-0.2, 0) is 11.8 Å². The largest absolute Gasteiger partial charge is 0.330 e. The van der Waals surface area contributed by atoms with Crippen molar-refractivity contribution in [1.29, 1.82) is 0 Å². The molecule has 0 atom stereocenters. The Morgan fingerprint density at radius 3 is 1.62 bits per heavy atom. The highest BCUT2D eigenvalue weighted by Crippen LogP contribution is 2.45. The van der Waals surface area contributed by atoms with E-state index in [9.17, 15) is 4.39 Å². The minimum absolute atomic E-state index is 0.531. The third kappa shape index (κ3) is 3.47. The van der Waals surface area contributed by atoms with E-state index in [1.165, 1.54) is 0 Å². The molecule has 0 aliphatic rings. The lowest BCUT2D eigenvalue weighted by Crippen LogP contribution is -2.32. The molecule has 4 heteroatoms.